The van der Waals surface area contributed by atoms with E-state index in [0.717, 1.165) is 14.9 Å². The van der Waals surface area contributed by atoms with Crippen LogP contribution in [-0.4, -0.2) is 19.9 Å². The van der Waals surface area contributed by atoms with Crippen LogP contribution in [0, 0.1) is 3.70 Å². The summed E-state index contributed by atoms with van der Waals surface area (Å²) in [6, 6.07) is 0. The number of hydrogen-bond donors (Lipinski definition) is 1. The molecule has 1 N–H and O–H groups in total. The minimum absolute atomic E-state index is 0.791. The van der Waals surface area contributed by atoms with Crippen LogP contribution in [0.2, 0.25) is 0 Å². The molecule has 0 amide bonds. The first-order chi connectivity index (χ1) is 4.88. The smallest absolute Gasteiger partial charge is 0.161 e. The Morgan fingerprint density at radius 1 is 1.30 bits per heavy atom. The Morgan fingerprint density at radius 3 is 3.00 bits per heavy atom. The van der Waals surface area contributed by atoms with E-state index in [4.69, 9.17) is 0 Å². The molecular formula is C5H3IN4. The molecule has 2 aromatic rings. The third-order valence-electron chi connectivity index (χ3n) is 1.17. The van der Waals surface area contributed by atoms with Gasteiger partial charge in [-0.1, -0.05) is 0 Å². The standard InChI is InChI=1S/C5H3IN4/c6-4-3-5(9-1-7-3)10-2-8-4/h1-2H,(H,7,8,9,10). The van der Waals surface area contributed by atoms with Gasteiger partial charge in [-0.3, -0.25) is 0 Å². The molecule has 0 radical (unpaired) electrons. The van der Waals surface area contributed by atoms with Gasteiger partial charge in [0.2, 0.25) is 0 Å². The molecule has 0 aliphatic rings. The lowest BCUT2D eigenvalue weighted by atomic mass is 10.6. The Bertz CT molecular complexity index is 355. The summed E-state index contributed by atoms with van der Waals surface area (Å²) in [7, 11) is 0. The van der Waals surface area contributed by atoms with E-state index in [-0.39, 0.29) is 0 Å². The fraction of sp³-hybridized carbons (Fsp3) is 0. The Hall–Kier alpha value is -0.720. The van der Waals surface area contributed by atoms with Crippen molar-refractivity contribution in [3.05, 3.63) is 16.4 Å². The van der Waals surface area contributed by atoms with Crippen LogP contribution in [0.4, 0.5) is 0 Å². The van der Waals surface area contributed by atoms with E-state index in [9.17, 15) is 0 Å². The molecule has 0 fully saturated rings. The molecule has 0 aliphatic heterocycles. The lowest BCUT2D eigenvalue weighted by molar-refractivity contribution is 1.17. The molecule has 0 saturated carbocycles. The number of aromatic amines is 1. The molecule has 50 valence electrons. The van der Waals surface area contributed by atoms with Crippen molar-refractivity contribution in [3.8, 4) is 0 Å². The number of nitrogens with one attached hydrogen (secondary N) is 1. The molecule has 0 bridgehead atoms. The lowest BCUT2D eigenvalue weighted by Crippen LogP contribution is -1.84. The molecule has 5 heteroatoms. The minimum atomic E-state index is 0.791. The highest BCUT2D eigenvalue weighted by molar-refractivity contribution is 14.1. The van der Waals surface area contributed by atoms with Gasteiger partial charge in [0, 0.05) is 0 Å². The molecule has 0 aliphatic carbocycles. The van der Waals surface area contributed by atoms with Gasteiger partial charge in [0.05, 0.1) is 6.33 Å². The van der Waals surface area contributed by atoms with Crippen molar-refractivity contribution in [1.29, 1.82) is 0 Å². The summed E-state index contributed by atoms with van der Waals surface area (Å²) < 4.78 is 0.879. The Morgan fingerprint density at radius 2 is 2.20 bits per heavy atom. The van der Waals surface area contributed by atoms with Gasteiger partial charge in [0.15, 0.2) is 5.65 Å². The molecule has 2 aromatic heterocycles. The van der Waals surface area contributed by atoms with Crippen molar-refractivity contribution in [3.63, 3.8) is 0 Å². The second kappa shape index (κ2) is 2.15. The van der Waals surface area contributed by atoms with Crippen molar-refractivity contribution < 1.29 is 0 Å². The van der Waals surface area contributed by atoms with Crippen LogP contribution in [0.15, 0.2) is 12.7 Å². The van der Waals surface area contributed by atoms with Gasteiger partial charge in [-0.25, -0.2) is 15.0 Å². The molecule has 0 aromatic carbocycles. The number of aromatic nitrogens is 4. The number of H-pyrrole nitrogens is 1. The first-order valence-electron chi connectivity index (χ1n) is 2.67. The van der Waals surface area contributed by atoms with E-state index >= 15 is 0 Å². The van der Waals surface area contributed by atoms with Gasteiger partial charge in [0.25, 0.3) is 0 Å². The lowest BCUT2D eigenvalue weighted by Gasteiger charge is -1.86. The number of nitrogens with zero attached hydrogens (tertiary/aromatic N) is 3. The normalized spacial score (nSPS) is 10.5. The predicted octanol–water partition coefficient (Wildman–Crippen LogP) is 0.957. The Kier molecular flexibility index (Phi) is 1.30. The van der Waals surface area contributed by atoms with Crippen LogP contribution >= 0.6 is 22.6 Å². The summed E-state index contributed by atoms with van der Waals surface area (Å²) in [4.78, 5) is 14.9. The maximum Gasteiger partial charge on any atom is 0.161 e. The number of imidazole rings is 1. The van der Waals surface area contributed by atoms with Crippen LogP contribution in [0.3, 0.4) is 0 Å². The highest BCUT2D eigenvalue weighted by Crippen LogP contribution is 2.10. The molecule has 0 atom stereocenters. The quantitative estimate of drug-likeness (QED) is 0.556. The fourth-order valence-corrected chi connectivity index (χ4v) is 1.25. The maximum absolute atomic E-state index is 4.03. The minimum Gasteiger partial charge on any atom is -0.329 e. The van der Waals surface area contributed by atoms with Gasteiger partial charge in [-0.15, -0.1) is 0 Å². The highest BCUT2D eigenvalue weighted by Gasteiger charge is 2.00. The summed E-state index contributed by atoms with van der Waals surface area (Å²) in [5.41, 5.74) is 1.63. The molecular weight excluding hydrogens is 243 g/mol. The van der Waals surface area contributed by atoms with Crippen molar-refractivity contribution in [2.75, 3.05) is 0 Å². The summed E-state index contributed by atoms with van der Waals surface area (Å²) >= 11 is 2.12. The van der Waals surface area contributed by atoms with Crippen molar-refractivity contribution in [2.45, 2.75) is 0 Å². The average Bonchev–Trinajstić information content (AvgIpc) is 2.36. The van der Waals surface area contributed by atoms with E-state index in [2.05, 4.69) is 42.5 Å². The van der Waals surface area contributed by atoms with Gasteiger partial charge in [-0.05, 0) is 22.6 Å². The monoisotopic (exact) mass is 246 g/mol. The number of rotatable bonds is 0. The first kappa shape index (κ1) is 6.02. The molecule has 4 nitrogen and oxygen atoms in total. The van der Waals surface area contributed by atoms with Gasteiger partial charge in [-0.2, -0.15) is 0 Å². The van der Waals surface area contributed by atoms with Crippen molar-refractivity contribution >= 4 is 33.8 Å². The van der Waals surface area contributed by atoms with E-state index in [1.54, 1.807) is 6.33 Å². The summed E-state index contributed by atoms with van der Waals surface area (Å²) in [5, 5.41) is 0. The van der Waals surface area contributed by atoms with E-state index in [1.807, 2.05) is 0 Å². The third-order valence-corrected chi connectivity index (χ3v) is 1.96. The van der Waals surface area contributed by atoms with E-state index in [0.29, 0.717) is 0 Å². The third kappa shape index (κ3) is 0.772. The average molecular weight is 246 g/mol. The van der Waals surface area contributed by atoms with Gasteiger partial charge < -0.3 is 4.98 Å². The molecule has 0 unspecified atom stereocenters. The van der Waals surface area contributed by atoms with Crippen LogP contribution in [0.1, 0.15) is 0 Å². The second-order valence-electron chi connectivity index (χ2n) is 1.76. The number of hydrogen-bond acceptors (Lipinski definition) is 3. The molecule has 2 heterocycles. The topological polar surface area (TPSA) is 54.5 Å². The zero-order valence-electron chi connectivity index (χ0n) is 4.87. The molecule has 0 spiro atoms. The van der Waals surface area contributed by atoms with Gasteiger partial charge in [0.1, 0.15) is 15.5 Å². The molecule has 0 saturated heterocycles. The fourth-order valence-electron chi connectivity index (χ4n) is 0.735. The summed E-state index contributed by atoms with van der Waals surface area (Å²) in [6.45, 7) is 0. The summed E-state index contributed by atoms with van der Waals surface area (Å²) in [6.07, 6.45) is 3.13. The molecule has 2 rings (SSSR count). The van der Waals surface area contributed by atoms with Crippen LogP contribution < -0.4 is 0 Å². The Balaban J connectivity index is 2.95. The van der Waals surface area contributed by atoms with Crippen LogP contribution in [0.25, 0.3) is 11.2 Å². The first-order valence-corrected chi connectivity index (χ1v) is 3.75. The van der Waals surface area contributed by atoms with Crippen molar-refractivity contribution in [2.24, 2.45) is 0 Å². The highest BCUT2D eigenvalue weighted by atomic mass is 127. The second-order valence-corrected chi connectivity index (χ2v) is 2.79. The maximum atomic E-state index is 4.03. The number of halogens is 1. The SMILES string of the molecule is Ic1ncnc2[nH]cnc12. The van der Waals surface area contributed by atoms with Crippen LogP contribution in [-0.2, 0) is 0 Å². The Labute approximate surface area is 70.2 Å². The largest absolute Gasteiger partial charge is 0.329 e. The summed E-state index contributed by atoms with van der Waals surface area (Å²) in [5.74, 6) is 0. The zero-order chi connectivity index (χ0) is 6.97. The van der Waals surface area contributed by atoms with E-state index < -0.39 is 0 Å². The predicted molar refractivity (Wildman–Crippen MR) is 44.4 cm³/mol. The number of fused-ring (bicyclic) bond motifs is 1. The van der Waals surface area contributed by atoms with Crippen molar-refractivity contribution in [1.82, 2.24) is 19.9 Å². The van der Waals surface area contributed by atoms with E-state index in [1.165, 1.54) is 6.33 Å². The van der Waals surface area contributed by atoms with Gasteiger partial charge >= 0.3 is 0 Å². The molecule has 10 heavy (non-hydrogen) atoms. The van der Waals surface area contributed by atoms with Crippen LogP contribution in [0.5, 0.6) is 0 Å². The zero-order valence-corrected chi connectivity index (χ0v) is 7.03.